The van der Waals surface area contributed by atoms with Crippen LogP contribution in [0.1, 0.15) is 59.8 Å². The molecule has 2 aliphatic rings. The van der Waals surface area contributed by atoms with Crippen molar-refractivity contribution < 1.29 is 4.74 Å². The van der Waals surface area contributed by atoms with Crippen molar-refractivity contribution in [1.82, 2.24) is 5.32 Å². The number of nitrogens with one attached hydrogen (secondary N) is 1. The van der Waals surface area contributed by atoms with Gasteiger partial charge in [-0.05, 0) is 65.8 Å². The van der Waals surface area contributed by atoms with Crippen LogP contribution < -0.4 is 5.32 Å². The van der Waals surface area contributed by atoms with Crippen LogP contribution in [0.25, 0.3) is 0 Å². The lowest BCUT2D eigenvalue weighted by molar-refractivity contribution is -0.0830. The van der Waals surface area contributed by atoms with Crippen LogP contribution >= 0.6 is 0 Å². The highest BCUT2D eigenvalue weighted by Gasteiger charge is 2.50. The number of hydrogen-bond donors (Lipinski definition) is 1. The van der Waals surface area contributed by atoms with Crippen molar-refractivity contribution in [2.45, 2.75) is 77.0 Å². The van der Waals surface area contributed by atoms with Crippen LogP contribution in [0.4, 0.5) is 0 Å². The Morgan fingerprint density at radius 3 is 2.24 bits per heavy atom. The standard InChI is InChI=1S/C15H29NO/c1-14(2)10-12(15(3,4)17-14)11-8-6-7-9-13(11)16-5/h11-13,16H,6-10H2,1-5H3. The van der Waals surface area contributed by atoms with Crippen LogP contribution in [0, 0.1) is 11.8 Å². The smallest absolute Gasteiger partial charge is 0.0666 e. The second-order valence-corrected chi connectivity index (χ2v) is 7.12. The lowest BCUT2D eigenvalue weighted by Gasteiger charge is -2.40. The molecule has 0 radical (unpaired) electrons. The Morgan fingerprint density at radius 2 is 1.71 bits per heavy atom. The number of hydrogen-bond acceptors (Lipinski definition) is 2. The van der Waals surface area contributed by atoms with Crippen LogP contribution in [0.3, 0.4) is 0 Å². The molecule has 2 rings (SSSR count). The van der Waals surface area contributed by atoms with E-state index in [4.69, 9.17) is 4.74 Å². The van der Waals surface area contributed by atoms with Crippen molar-refractivity contribution in [1.29, 1.82) is 0 Å². The molecule has 0 bridgehead atoms. The van der Waals surface area contributed by atoms with Crippen LogP contribution in [-0.2, 0) is 4.74 Å². The number of ether oxygens (including phenoxy) is 1. The van der Waals surface area contributed by atoms with Gasteiger partial charge in [-0.15, -0.1) is 0 Å². The molecule has 2 nitrogen and oxygen atoms in total. The predicted octanol–water partition coefficient (Wildman–Crippen LogP) is 3.36. The molecule has 1 saturated heterocycles. The van der Waals surface area contributed by atoms with E-state index in [1.165, 1.54) is 32.1 Å². The molecule has 1 N–H and O–H groups in total. The van der Waals surface area contributed by atoms with E-state index < -0.39 is 0 Å². The highest BCUT2D eigenvalue weighted by atomic mass is 16.5. The van der Waals surface area contributed by atoms with Gasteiger partial charge in [0.05, 0.1) is 11.2 Å². The zero-order valence-electron chi connectivity index (χ0n) is 12.2. The van der Waals surface area contributed by atoms with E-state index in [2.05, 4.69) is 40.1 Å². The monoisotopic (exact) mass is 239 g/mol. The Balaban J connectivity index is 2.15. The molecule has 0 spiro atoms. The maximum atomic E-state index is 6.27. The quantitative estimate of drug-likeness (QED) is 0.798. The van der Waals surface area contributed by atoms with Crippen molar-refractivity contribution in [3.8, 4) is 0 Å². The van der Waals surface area contributed by atoms with Gasteiger partial charge in [-0.2, -0.15) is 0 Å². The Bertz CT molecular complexity index is 272. The maximum Gasteiger partial charge on any atom is 0.0666 e. The second-order valence-electron chi connectivity index (χ2n) is 7.12. The molecule has 17 heavy (non-hydrogen) atoms. The molecule has 0 amide bonds. The molecular weight excluding hydrogens is 210 g/mol. The van der Waals surface area contributed by atoms with E-state index in [1.54, 1.807) is 0 Å². The summed E-state index contributed by atoms with van der Waals surface area (Å²) in [5.74, 6) is 1.50. The minimum absolute atomic E-state index is 0.0423. The SMILES string of the molecule is CNC1CCCCC1C1CC(C)(C)OC1(C)C. The number of rotatable bonds is 2. The Morgan fingerprint density at radius 1 is 1.06 bits per heavy atom. The zero-order valence-corrected chi connectivity index (χ0v) is 12.2. The molecule has 100 valence electrons. The fourth-order valence-corrected chi connectivity index (χ4v) is 4.27. The maximum absolute atomic E-state index is 6.27. The molecule has 3 unspecified atom stereocenters. The molecule has 1 heterocycles. The molecule has 2 heteroatoms. The first kappa shape index (κ1) is 13.4. The zero-order chi connectivity index (χ0) is 12.7. The van der Waals surface area contributed by atoms with Gasteiger partial charge in [-0.25, -0.2) is 0 Å². The summed E-state index contributed by atoms with van der Waals surface area (Å²) in [5, 5.41) is 3.54. The van der Waals surface area contributed by atoms with E-state index in [-0.39, 0.29) is 11.2 Å². The van der Waals surface area contributed by atoms with Crippen molar-refractivity contribution in [2.75, 3.05) is 7.05 Å². The van der Waals surface area contributed by atoms with Crippen LogP contribution in [0.2, 0.25) is 0 Å². The van der Waals surface area contributed by atoms with Crippen LogP contribution in [0.5, 0.6) is 0 Å². The van der Waals surface area contributed by atoms with Crippen LogP contribution in [0.15, 0.2) is 0 Å². The normalized spacial score (nSPS) is 40.4. The van der Waals surface area contributed by atoms with Crippen molar-refractivity contribution in [3.05, 3.63) is 0 Å². The topological polar surface area (TPSA) is 21.3 Å². The molecular formula is C15H29NO. The molecule has 3 atom stereocenters. The summed E-state index contributed by atoms with van der Waals surface area (Å²) in [6.45, 7) is 9.05. The van der Waals surface area contributed by atoms with Gasteiger partial charge in [-0.1, -0.05) is 12.8 Å². The summed E-state index contributed by atoms with van der Waals surface area (Å²) in [6.07, 6.45) is 6.71. The summed E-state index contributed by atoms with van der Waals surface area (Å²) in [5.41, 5.74) is 0.102. The average Bonchev–Trinajstić information content (AvgIpc) is 2.46. The fraction of sp³-hybridized carbons (Fsp3) is 1.00. The van der Waals surface area contributed by atoms with Crippen molar-refractivity contribution in [2.24, 2.45) is 11.8 Å². The lowest BCUT2D eigenvalue weighted by atomic mass is 9.69. The van der Waals surface area contributed by atoms with Gasteiger partial charge in [0.25, 0.3) is 0 Å². The average molecular weight is 239 g/mol. The van der Waals surface area contributed by atoms with Gasteiger partial charge in [0.2, 0.25) is 0 Å². The largest absolute Gasteiger partial charge is 0.369 e. The summed E-state index contributed by atoms with van der Waals surface area (Å²) in [6, 6.07) is 0.700. The van der Waals surface area contributed by atoms with Gasteiger partial charge in [0.15, 0.2) is 0 Å². The Hall–Kier alpha value is -0.0800. The van der Waals surface area contributed by atoms with Gasteiger partial charge < -0.3 is 10.1 Å². The van der Waals surface area contributed by atoms with Gasteiger partial charge in [-0.3, -0.25) is 0 Å². The summed E-state index contributed by atoms with van der Waals surface area (Å²) in [4.78, 5) is 0. The fourth-order valence-electron chi connectivity index (χ4n) is 4.27. The predicted molar refractivity (Wildman–Crippen MR) is 72.2 cm³/mol. The van der Waals surface area contributed by atoms with Gasteiger partial charge >= 0.3 is 0 Å². The first-order valence-corrected chi connectivity index (χ1v) is 7.23. The van der Waals surface area contributed by atoms with Gasteiger partial charge in [0, 0.05) is 6.04 Å². The van der Waals surface area contributed by atoms with Crippen molar-refractivity contribution in [3.63, 3.8) is 0 Å². The van der Waals surface area contributed by atoms with Gasteiger partial charge in [0.1, 0.15) is 0 Å². The van der Waals surface area contributed by atoms with E-state index in [0.717, 1.165) is 5.92 Å². The highest BCUT2D eigenvalue weighted by Crippen LogP contribution is 2.49. The first-order valence-electron chi connectivity index (χ1n) is 7.23. The van der Waals surface area contributed by atoms with E-state index in [1.807, 2.05) is 0 Å². The highest BCUT2D eigenvalue weighted by molar-refractivity contribution is 5.00. The van der Waals surface area contributed by atoms with E-state index in [0.29, 0.717) is 12.0 Å². The third-order valence-corrected chi connectivity index (χ3v) is 4.85. The third kappa shape index (κ3) is 2.68. The second kappa shape index (κ2) is 4.55. The minimum Gasteiger partial charge on any atom is -0.369 e. The lowest BCUT2D eigenvalue weighted by Crippen LogP contribution is -2.45. The van der Waals surface area contributed by atoms with E-state index >= 15 is 0 Å². The minimum atomic E-state index is 0.0423. The third-order valence-electron chi connectivity index (χ3n) is 4.85. The molecule has 0 aromatic carbocycles. The Kier molecular flexibility index (Phi) is 3.57. The first-order chi connectivity index (χ1) is 7.86. The molecule has 1 aliphatic carbocycles. The van der Waals surface area contributed by atoms with Crippen molar-refractivity contribution >= 4 is 0 Å². The molecule has 0 aromatic heterocycles. The molecule has 1 aliphatic heterocycles. The molecule has 1 saturated carbocycles. The Labute approximate surface area is 107 Å². The van der Waals surface area contributed by atoms with E-state index in [9.17, 15) is 0 Å². The molecule has 2 fully saturated rings. The van der Waals surface area contributed by atoms with Crippen LogP contribution in [-0.4, -0.2) is 24.3 Å². The summed E-state index contributed by atoms with van der Waals surface area (Å²) < 4.78 is 6.27. The summed E-state index contributed by atoms with van der Waals surface area (Å²) in [7, 11) is 2.12. The summed E-state index contributed by atoms with van der Waals surface area (Å²) >= 11 is 0. The molecule has 0 aromatic rings.